The third kappa shape index (κ3) is 3.45. The number of rotatable bonds is 4. The van der Waals surface area contributed by atoms with Crippen molar-refractivity contribution in [3.05, 3.63) is 58.2 Å². The summed E-state index contributed by atoms with van der Waals surface area (Å²) in [4.78, 5) is 2.23. The van der Waals surface area contributed by atoms with Crippen LogP contribution in [0, 0.1) is 13.8 Å². The molecule has 0 N–H and O–H groups in total. The monoisotopic (exact) mass is 436 g/mol. The standard InChI is InChI=1S/C19H21ClN4O2S2/c1-14-19(15(2)24(21-14)16-6-4-3-5-7-16)22-10-12-23(13-11-22)28(25,26)18-9-8-17(20)27-18/h3-9H,10-13H2,1-2H3. The number of thiophene rings is 1. The minimum atomic E-state index is -3.48. The maximum atomic E-state index is 12.8. The van der Waals surface area contributed by atoms with Gasteiger partial charge in [-0.1, -0.05) is 29.8 Å². The van der Waals surface area contributed by atoms with Gasteiger partial charge in [-0.2, -0.15) is 9.40 Å². The first-order chi connectivity index (χ1) is 13.4. The predicted molar refractivity (Wildman–Crippen MR) is 113 cm³/mol. The normalized spacial score (nSPS) is 15.9. The van der Waals surface area contributed by atoms with E-state index in [1.807, 2.05) is 41.9 Å². The van der Waals surface area contributed by atoms with Crippen molar-refractivity contribution < 1.29 is 8.42 Å². The Bertz CT molecular complexity index is 1080. The third-order valence-corrected chi connectivity index (χ3v) is 8.55. The minimum Gasteiger partial charge on any atom is -0.366 e. The minimum absolute atomic E-state index is 0.301. The summed E-state index contributed by atoms with van der Waals surface area (Å²) in [6.45, 7) is 6.18. The number of nitrogens with zero attached hydrogens (tertiary/aromatic N) is 4. The Morgan fingerprint density at radius 1 is 1.00 bits per heavy atom. The van der Waals surface area contributed by atoms with Gasteiger partial charge in [0.15, 0.2) is 0 Å². The first kappa shape index (κ1) is 19.4. The topological polar surface area (TPSA) is 58.4 Å². The molecule has 28 heavy (non-hydrogen) atoms. The summed E-state index contributed by atoms with van der Waals surface area (Å²) >= 11 is 7.01. The van der Waals surface area contributed by atoms with E-state index in [-0.39, 0.29) is 0 Å². The van der Waals surface area contributed by atoms with Crippen LogP contribution >= 0.6 is 22.9 Å². The Morgan fingerprint density at radius 2 is 1.68 bits per heavy atom. The van der Waals surface area contributed by atoms with Crippen molar-refractivity contribution >= 4 is 38.6 Å². The summed E-state index contributed by atoms with van der Waals surface area (Å²) in [5.74, 6) is 0. The molecule has 0 spiro atoms. The van der Waals surface area contributed by atoms with Crippen LogP contribution in [0.25, 0.3) is 5.69 Å². The molecule has 1 fully saturated rings. The Kier molecular flexibility index (Phi) is 5.22. The molecule has 9 heteroatoms. The predicted octanol–water partition coefficient (Wildman–Crippen LogP) is 3.71. The van der Waals surface area contributed by atoms with Crippen molar-refractivity contribution in [3.63, 3.8) is 0 Å². The quantitative estimate of drug-likeness (QED) is 0.625. The molecule has 0 amide bonds. The van der Waals surface area contributed by atoms with Crippen molar-refractivity contribution in [3.8, 4) is 5.69 Å². The van der Waals surface area contributed by atoms with Crippen molar-refractivity contribution in [2.45, 2.75) is 18.1 Å². The Morgan fingerprint density at radius 3 is 2.29 bits per heavy atom. The third-order valence-electron chi connectivity index (χ3n) is 4.95. The van der Waals surface area contributed by atoms with Crippen LogP contribution in [-0.2, 0) is 10.0 Å². The first-order valence-corrected chi connectivity index (χ1v) is 11.6. The van der Waals surface area contributed by atoms with Gasteiger partial charge in [-0.3, -0.25) is 0 Å². The van der Waals surface area contributed by atoms with E-state index in [2.05, 4.69) is 11.8 Å². The van der Waals surface area contributed by atoms with E-state index in [1.54, 1.807) is 12.1 Å². The van der Waals surface area contributed by atoms with Gasteiger partial charge in [0.05, 0.1) is 27.1 Å². The maximum absolute atomic E-state index is 12.8. The lowest BCUT2D eigenvalue weighted by Crippen LogP contribution is -2.48. The number of sulfonamides is 1. The van der Waals surface area contributed by atoms with Crippen molar-refractivity contribution in [1.82, 2.24) is 14.1 Å². The second kappa shape index (κ2) is 7.51. The lowest BCUT2D eigenvalue weighted by Gasteiger charge is -2.35. The fourth-order valence-corrected chi connectivity index (χ4v) is 6.69. The molecular weight excluding hydrogens is 416 g/mol. The van der Waals surface area contributed by atoms with Gasteiger partial charge in [0.2, 0.25) is 0 Å². The highest BCUT2D eigenvalue weighted by molar-refractivity contribution is 7.91. The summed E-state index contributed by atoms with van der Waals surface area (Å²) in [6.07, 6.45) is 0. The summed E-state index contributed by atoms with van der Waals surface area (Å²) in [7, 11) is -3.48. The van der Waals surface area contributed by atoms with Crippen LogP contribution < -0.4 is 4.90 Å². The van der Waals surface area contributed by atoms with Gasteiger partial charge >= 0.3 is 0 Å². The number of halogens is 1. The van der Waals surface area contributed by atoms with Crippen molar-refractivity contribution in [2.75, 3.05) is 31.1 Å². The number of hydrogen-bond acceptors (Lipinski definition) is 5. The molecule has 0 bridgehead atoms. The fraction of sp³-hybridized carbons (Fsp3) is 0.316. The van der Waals surface area contributed by atoms with Gasteiger partial charge < -0.3 is 4.90 Å². The molecule has 3 heterocycles. The Hall–Kier alpha value is -1.87. The molecule has 0 radical (unpaired) electrons. The molecular formula is C19H21ClN4O2S2. The van der Waals surface area contributed by atoms with Gasteiger partial charge in [-0.25, -0.2) is 13.1 Å². The van der Waals surface area contributed by atoms with E-state index >= 15 is 0 Å². The maximum Gasteiger partial charge on any atom is 0.252 e. The molecule has 0 aliphatic carbocycles. The average molecular weight is 437 g/mol. The fourth-order valence-electron chi connectivity index (χ4n) is 3.63. The average Bonchev–Trinajstić information content (AvgIpc) is 3.26. The molecule has 0 saturated carbocycles. The van der Waals surface area contributed by atoms with Gasteiger partial charge in [-0.05, 0) is 38.1 Å². The summed E-state index contributed by atoms with van der Waals surface area (Å²) in [6, 6.07) is 13.2. The highest BCUT2D eigenvalue weighted by Crippen LogP contribution is 2.31. The molecule has 2 aromatic heterocycles. The van der Waals surface area contributed by atoms with Crippen LogP contribution in [0.2, 0.25) is 4.34 Å². The lowest BCUT2D eigenvalue weighted by molar-refractivity contribution is 0.385. The molecule has 1 aliphatic heterocycles. The van der Waals surface area contributed by atoms with E-state index in [9.17, 15) is 8.42 Å². The second-order valence-electron chi connectivity index (χ2n) is 6.72. The zero-order valence-corrected chi connectivity index (χ0v) is 18.1. The highest BCUT2D eigenvalue weighted by Gasteiger charge is 2.31. The zero-order chi connectivity index (χ0) is 19.9. The smallest absolute Gasteiger partial charge is 0.252 e. The van der Waals surface area contributed by atoms with Crippen LogP contribution in [0.15, 0.2) is 46.7 Å². The molecule has 0 atom stereocenters. The molecule has 0 unspecified atom stereocenters. The molecule has 4 rings (SSSR count). The summed E-state index contributed by atoms with van der Waals surface area (Å²) in [5, 5.41) is 4.70. The second-order valence-corrected chi connectivity index (χ2v) is 10.6. The van der Waals surface area contributed by atoms with Crippen LogP contribution in [-0.4, -0.2) is 48.7 Å². The van der Waals surface area contributed by atoms with Crippen LogP contribution in [0.4, 0.5) is 5.69 Å². The number of aromatic nitrogens is 2. The van der Waals surface area contributed by atoms with E-state index < -0.39 is 10.0 Å². The molecule has 1 saturated heterocycles. The molecule has 3 aromatic rings. The Labute approximate surface area is 174 Å². The number of piperazine rings is 1. The zero-order valence-electron chi connectivity index (χ0n) is 15.7. The molecule has 1 aliphatic rings. The molecule has 6 nitrogen and oxygen atoms in total. The SMILES string of the molecule is Cc1nn(-c2ccccc2)c(C)c1N1CCN(S(=O)(=O)c2ccc(Cl)s2)CC1. The van der Waals surface area contributed by atoms with Gasteiger partial charge in [0, 0.05) is 26.2 Å². The van der Waals surface area contributed by atoms with E-state index in [0.29, 0.717) is 34.7 Å². The van der Waals surface area contributed by atoms with E-state index in [1.165, 1.54) is 4.31 Å². The van der Waals surface area contributed by atoms with E-state index in [0.717, 1.165) is 34.1 Å². The summed E-state index contributed by atoms with van der Waals surface area (Å²) in [5.41, 5.74) is 4.11. The molecule has 148 valence electrons. The first-order valence-electron chi connectivity index (χ1n) is 9.00. The number of aryl methyl sites for hydroxylation is 1. The number of anilines is 1. The van der Waals surface area contributed by atoms with Gasteiger partial charge in [0.25, 0.3) is 10.0 Å². The number of hydrogen-bond donors (Lipinski definition) is 0. The van der Waals surface area contributed by atoms with Crippen molar-refractivity contribution in [2.24, 2.45) is 0 Å². The summed E-state index contributed by atoms with van der Waals surface area (Å²) < 4.78 is 29.9. The molecule has 1 aromatic carbocycles. The van der Waals surface area contributed by atoms with Crippen LogP contribution in [0.5, 0.6) is 0 Å². The van der Waals surface area contributed by atoms with Gasteiger partial charge in [-0.15, -0.1) is 11.3 Å². The number of benzene rings is 1. The van der Waals surface area contributed by atoms with Crippen LogP contribution in [0.3, 0.4) is 0 Å². The Balaban J connectivity index is 1.54. The lowest BCUT2D eigenvalue weighted by atomic mass is 10.2. The highest BCUT2D eigenvalue weighted by atomic mass is 35.5. The van der Waals surface area contributed by atoms with Crippen LogP contribution in [0.1, 0.15) is 11.4 Å². The van der Waals surface area contributed by atoms with Gasteiger partial charge in [0.1, 0.15) is 4.21 Å². The van der Waals surface area contributed by atoms with Crippen molar-refractivity contribution in [1.29, 1.82) is 0 Å². The number of para-hydroxylation sites is 1. The van der Waals surface area contributed by atoms with E-state index in [4.69, 9.17) is 16.7 Å². The largest absolute Gasteiger partial charge is 0.366 e.